The standard InChI is InChI=1S/C13H13N3S/c1-2-6-16-12-3-5-14-8-11(12)13(15-16)10-4-7-17-9-10/h1,4,7,9,14H,3,5-6,8H2. The quantitative estimate of drug-likeness (QED) is 0.816. The highest BCUT2D eigenvalue weighted by molar-refractivity contribution is 7.08. The van der Waals surface area contributed by atoms with Crippen LogP contribution in [0.2, 0.25) is 0 Å². The van der Waals surface area contributed by atoms with Crippen LogP contribution in [0.4, 0.5) is 0 Å². The van der Waals surface area contributed by atoms with Gasteiger partial charge in [-0.3, -0.25) is 4.68 Å². The number of rotatable bonds is 2. The van der Waals surface area contributed by atoms with Crippen molar-refractivity contribution in [3.63, 3.8) is 0 Å². The molecule has 0 bridgehead atoms. The number of hydrogen-bond acceptors (Lipinski definition) is 3. The second-order valence-corrected chi connectivity index (χ2v) is 4.85. The fraction of sp³-hybridized carbons (Fsp3) is 0.308. The molecule has 3 rings (SSSR count). The molecular formula is C13H13N3S. The van der Waals surface area contributed by atoms with E-state index in [-0.39, 0.29) is 0 Å². The van der Waals surface area contributed by atoms with Gasteiger partial charge in [0.2, 0.25) is 0 Å². The van der Waals surface area contributed by atoms with Crippen LogP contribution in [0.5, 0.6) is 0 Å². The Kier molecular flexibility index (Phi) is 2.71. The molecule has 0 amide bonds. The minimum atomic E-state index is 0.562. The molecule has 3 heterocycles. The SMILES string of the molecule is C#CCn1nc(-c2ccsc2)c2c1CCNC2. The zero-order valence-electron chi connectivity index (χ0n) is 9.44. The highest BCUT2D eigenvalue weighted by Crippen LogP contribution is 2.28. The molecule has 0 aliphatic carbocycles. The number of aromatic nitrogens is 2. The zero-order valence-corrected chi connectivity index (χ0v) is 10.3. The minimum absolute atomic E-state index is 0.562. The van der Waals surface area contributed by atoms with Gasteiger partial charge in [0.15, 0.2) is 0 Å². The Morgan fingerprint density at radius 3 is 3.29 bits per heavy atom. The van der Waals surface area contributed by atoms with Gasteiger partial charge in [-0.2, -0.15) is 16.4 Å². The summed E-state index contributed by atoms with van der Waals surface area (Å²) >= 11 is 1.70. The molecule has 0 unspecified atom stereocenters. The second kappa shape index (κ2) is 4.36. The van der Waals surface area contributed by atoms with Crippen molar-refractivity contribution in [3.8, 4) is 23.6 Å². The van der Waals surface area contributed by atoms with Crippen molar-refractivity contribution in [1.82, 2.24) is 15.1 Å². The molecule has 0 saturated heterocycles. The smallest absolute Gasteiger partial charge is 0.102 e. The van der Waals surface area contributed by atoms with E-state index in [0.29, 0.717) is 6.54 Å². The van der Waals surface area contributed by atoms with Crippen LogP contribution in [0.25, 0.3) is 11.3 Å². The van der Waals surface area contributed by atoms with Gasteiger partial charge in [0.05, 0.1) is 5.69 Å². The van der Waals surface area contributed by atoms with Crippen molar-refractivity contribution in [2.75, 3.05) is 6.54 Å². The summed E-state index contributed by atoms with van der Waals surface area (Å²) in [5.41, 5.74) is 4.89. The largest absolute Gasteiger partial charge is 0.312 e. The monoisotopic (exact) mass is 243 g/mol. The molecule has 0 atom stereocenters. The van der Waals surface area contributed by atoms with E-state index < -0.39 is 0 Å². The van der Waals surface area contributed by atoms with Crippen LogP contribution in [0.3, 0.4) is 0 Å². The Labute approximate surface area is 104 Å². The number of hydrogen-bond donors (Lipinski definition) is 1. The van der Waals surface area contributed by atoms with Crippen molar-refractivity contribution in [3.05, 3.63) is 28.1 Å². The lowest BCUT2D eigenvalue weighted by Gasteiger charge is -2.14. The second-order valence-electron chi connectivity index (χ2n) is 4.07. The Morgan fingerprint density at radius 2 is 2.53 bits per heavy atom. The minimum Gasteiger partial charge on any atom is -0.312 e. The van der Waals surface area contributed by atoms with Gasteiger partial charge in [-0.05, 0) is 11.4 Å². The fourth-order valence-electron chi connectivity index (χ4n) is 2.27. The van der Waals surface area contributed by atoms with Crippen LogP contribution in [-0.4, -0.2) is 16.3 Å². The van der Waals surface area contributed by atoms with E-state index >= 15 is 0 Å². The van der Waals surface area contributed by atoms with Crippen LogP contribution in [0.1, 0.15) is 11.3 Å². The predicted molar refractivity (Wildman–Crippen MR) is 69.8 cm³/mol. The summed E-state index contributed by atoms with van der Waals surface area (Å²) in [5, 5.41) is 12.3. The van der Waals surface area contributed by atoms with Gasteiger partial charge in [0.25, 0.3) is 0 Å². The van der Waals surface area contributed by atoms with Crippen molar-refractivity contribution in [1.29, 1.82) is 0 Å². The third-order valence-corrected chi connectivity index (χ3v) is 3.73. The van der Waals surface area contributed by atoms with Crippen LogP contribution >= 0.6 is 11.3 Å². The summed E-state index contributed by atoms with van der Waals surface area (Å²) in [6.07, 6.45) is 6.41. The van der Waals surface area contributed by atoms with Crippen LogP contribution in [0, 0.1) is 12.3 Å². The van der Waals surface area contributed by atoms with Gasteiger partial charge >= 0.3 is 0 Å². The summed E-state index contributed by atoms with van der Waals surface area (Å²) in [6.45, 7) is 2.46. The van der Waals surface area contributed by atoms with E-state index in [2.05, 4.69) is 33.2 Å². The lowest BCUT2D eigenvalue weighted by atomic mass is 10.0. The molecule has 0 spiro atoms. The lowest BCUT2D eigenvalue weighted by Crippen LogP contribution is -2.24. The highest BCUT2D eigenvalue weighted by Gasteiger charge is 2.21. The molecule has 2 aromatic heterocycles. The first-order chi connectivity index (χ1) is 8.40. The van der Waals surface area contributed by atoms with Crippen LogP contribution in [-0.2, 0) is 19.5 Å². The van der Waals surface area contributed by atoms with Crippen LogP contribution in [0.15, 0.2) is 16.8 Å². The van der Waals surface area contributed by atoms with Gasteiger partial charge < -0.3 is 5.32 Å². The van der Waals surface area contributed by atoms with Gasteiger partial charge in [-0.1, -0.05) is 5.92 Å². The summed E-state index contributed by atoms with van der Waals surface area (Å²) in [6, 6.07) is 2.11. The molecule has 17 heavy (non-hydrogen) atoms. The maximum atomic E-state index is 5.40. The molecule has 0 saturated carbocycles. The Bertz CT molecular complexity index is 560. The summed E-state index contributed by atoms with van der Waals surface area (Å²) in [7, 11) is 0. The first-order valence-corrected chi connectivity index (χ1v) is 6.59. The Morgan fingerprint density at radius 1 is 1.59 bits per heavy atom. The summed E-state index contributed by atoms with van der Waals surface area (Å²) in [5.74, 6) is 2.68. The maximum Gasteiger partial charge on any atom is 0.102 e. The third kappa shape index (κ3) is 1.78. The molecular weight excluding hydrogens is 230 g/mol. The van der Waals surface area contributed by atoms with E-state index in [1.807, 2.05) is 4.68 Å². The molecule has 0 radical (unpaired) electrons. The Hall–Kier alpha value is -1.57. The van der Waals surface area contributed by atoms with Crippen molar-refractivity contribution in [2.45, 2.75) is 19.5 Å². The van der Waals surface area contributed by atoms with E-state index in [4.69, 9.17) is 6.42 Å². The average Bonchev–Trinajstić information content (AvgIpc) is 2.97. The molecule has 3 nitrogen and oxygen atoms in total. The average molecular weight is 243 g/mol. The topological polar surface area (TPSA) is 29.9 Å². The highest BCUT2D eigenvalue weighted by atomic mass is 32.1. The summed E-state index contributed by atoms with van der Waals surface area (Å²) in [4.78, 5) is 0. The number of nitrogens with zero attached hydrogens (tertiary/aromatic N) is 2. The molecule has 0 aromatic carbocycles. The molecule has 86 valence electrons. The molecule has 0 fully saturated rings. The summed E-state index contributed by atoms with van der Waals surface area (Å²) < 4.78 is 1.98. The van der Waals surface area contributed by atoms with Crippen molar-refractivity contribution in [2.24, 2.45) is 0 Å². The number of fused-ring (bicyclic) bond motifs is 1. The zero-order chi connectivity index (χ0) is 11.7. The maximum absolute atomic E-state index is 5.40. The first kappa shape index (κ1) is 10.6. The van der Waals surface area contributed by atoms with E-state index in [0.717, 1.165) is 25.2 Å². The van der Waals surface area contributed by atoms with E-state index in [1.54, 1.807) is 11.3 Å². The van der Waals surface area contributed by atoms with Crippen molar-refractivity contribution >= 4 is 11.3 Å². The van der Waals surface area contributed by atoms with E-state index in [1.165, 1.54) is 16.8 Å². The molecule has 4 heteroatoms. The molecule has 1 N–H and O–H groups in total. The number of thiophene rings is 1. The molecule has 1 aliphatic heterocycles. The molecule has 1 aliphatic rings. The van der Waals surface area contributed by atoms with Gasteiger partial charge in [-0.15, -0.1) is 6.42 Å². The van der Waals surface area contributed by atoms with Crippen molar-refractivity contribution < 1.29 is 0 Å². The molecule has 2 aromatic rings. The number of terminal acetylenes is 1. The number of nitrogens with one attached hydrogen (secondary N) is 1. The predicted octanol–water partition coefficient (Wildman–Crippen LogP) is 1.89. The normalized spacial score (nSPS) is 14.3. The van der Waals surface area contributed by atoms with Gasteiger partial charge in [0, 0.05) is 41.7 Å². The fourth-order valence-corrected chi connectivity index (χ4v) is 2.91. The Balaban J connectivity index is 2.13. The lowest BCUT2D eigenvalue weighted by molar-refractivity contribution is 0.591. The van der Waals surface area contributed by atoms with E-state index in [9.17, 15) is 0 Å². The van der Waals surface area contributed by atoms with Gasteiger partial charge in [-0.25, -0.2) is 0 Å². The first-order valence-electron chi connectivity index (χ1n) is 5.65. The van der Waals surface area contributed by atoms with Gasteiger partial charge in [0.1, 0.15) is 6.54 Å². The van der Waals surface area contributed by atoms with Crippen LogP contribution < -0.4 is 5.32 Å². The third-order valence-electron chi connectivity index (χ3n) is 3.04.